The number of hydrogen-bond donors (Lipinski definition) is 2. The number of carboxylic acid groups (broad SMARTS) is 1. The lowest BCUT2D eigenvalue weighted by atomic mass is 10.1. The van der Waals surface area contributed by atoms with E-state index >= 15 is 0 Å². The van der Waals surface area contributed by atoms with Crippen LogP contribution in [0.2, 0.25) is 0 Å². The van der Waals surface area contributed by atoms with Crippen LogP contribution in [0, 0.1) is 6.92 Å². The normalized spacial score (nSPS) is 10.8. The first-order chi connectivity index (χ1) is 7.68. The molecule has 0 unspecified atom stereocenters. The van der Waals surface area contributed by atoms with Crippen molar-refractivity contribution in [1.82, 2.24) is 4.98 Å². The Morgan fingerprint density at radius 2 is 2.12 bits per heavy atom. The summed E-state index contributed by atoms with van der Waals surface area (Å²) in [5.74, 6) is -0.728. The Morgan fingerprint density at radius 1 is 1.38 bits per heavy atom. The van der Waals surface area contributed by atoms with E-state index in [4.69, 9.17) is 5.11 Å². The van der Waals surface area contributed by atoms with Crippen LogP contribution in [0.4, 0.5) is 0 Å². The van der Waals surface area contributed by atoms with Gasteiger partial charge in [0.05, 0.1) is 0 Å². The summed E-state index contributed by atoms with van der Waals surface area (Å²) in [5, 5.41) is 9.82. The molecule has 0 aliphatic carbocycles. The Bertz CT molecular complexity index is 514. The van der Waals surface area contributed by atoms with Crippen LogP contribution in [0.3, 0.4) is 0 Å². The predicted octanol–water partition coefficient (Wildman–Crippen LogP) is 2.88. The second kappa shape index (κ2) is 4.39. The largest absolute Gasteiger partial charge is 0.481 e. The average Bonchev–Trinajstić information content (AvgIpc) is 2.56. The maximum Gasteiger partial charge on any atom is 0.303 e. The van der Waals surface area contributed by atoms with Crippen molar-refractivity contribution in [2.75, 3.05) is 0 Å². The van der Waals surface area contributed by atoms with E-state index in [1.165, 1.54) is 10.9 Å². The number of hydrogen-bond acceptors (Lipinski definition) is 1. The minimum atomic E-state index is -0.728. The summed E-state index contributed by atoms with van der Waals surface area (Å²) in [6.45, 7) is 2.08. The highest BCUT2D eigenvalue weighted by molar-refractivity contribution is 5.84. The molecule has 1 aromatic carbocycles. The van der Waals surface area contributed by atoms with Gasteiger partial charge in [0, 0.05) is 23.0 Å². The Morgan fingerprint density at radius 3 is 2.81 bits per heavy atom. The fourth-order valence-corrected chi connectivity index (χ4v) is 2.00. The van der Waals surface area contributed by atoms with Gasteiger partial charge in [-0.2, -0.15) is 0 Å². The lowest BCUT2D eigenvalue weighted by Gasteiger charge is -1.98. The maximum absolute atomic E-state index is 10.4. The lowest BCUT2D eigenvalue weighted by molar-refractivity contribution is -0.137. The van der Waals surface area contributed by atoms with Gasteiger partial charge in [-0.05, 0) is 31.4 Å². The molecule has 0 radical (unpaired) electrons. The zero-order valence-corrected chi connectivity index (χ0v) is 9.29. The van der Waals surface area contributed by atoms with Gasteiger partial charge in [-0.15, -0.1) is 0 Å². The number of rotatable bonds is 4. The Balaban J connectivity index is 2.18. The third-order valence-electron chi connectivity index (χ3n) is 2.89. The number of aliphatic carboxylic acids is 1. The first-order valence-corrected chi connectivity index (χ1v) is 5.46. The minimum absolute atomic E-state index is 0.231. The molecular weight excluding hydrogens is 202 g/mol. The molecule has 0 atom stereocenters. The van der Waals surface area contributed by atoms with Gasteiger partial charge in [0.2, 0.25) is 0 Å². The van der Waals surface area contributed by atoms with E-state index in [0.29, 0.717) is 6.42 Å². The van der Waals surface area contributed by atoms with Crippen molar-refractivity contribution >= 4 is 16.9 Å². The van der Waals surface area contributed by atoms with Gasteiger partial charge in [-0.3, -0.25) is 4.79 Å². The van der Waals surface area contributed by atoms with Crippen molar-refractivity contribution in [3.05, 3.63) is 35.5 Å². The zero-order chi connectivity index (χ0) is 11.5. The van der Waals surface area contributed by atoms with Crippen LogP contribution < -0.4 is 0 Å². The molecule has 0 amide bonds. The van der Waals surface area contributed by atoms with E-state index in [0.717, 1.165) is 17.6 Å². The van der Waals surface area contributed by atoms with E-state index in [1.54, 1.807) is 0 Å². The van der Waals surface area contributed by atoms with Crippen LogP contribution in [0.5, 0.6) is 0 Å². The molecule has 1 aromatic heterocycles. The summed E-state index contributed by atoms with van der Waals surface area (Å²) in [4.78, 5) is 13.8. The monoisotopic (exact) mass is 217 g/mol. The van der Waals surface area contributed by atoms with Gasteiger partial charge in [0.25, 0.3) is 0 Å². The zero-order valence-electron chi connectivity index (χ0n) is 9.29. The number of aromatic amines is 1. The van der Waals surface area contributed by atoms with Crippen LogP contribution >= 0.6 is 0 Å². The first-order valence-electron chi connectivity index (χ1n) is 5.46. The van der Waals surface area contributed by atoms with Gasteiger partial charge in [0.15, 0.2) is 0 Å². The second-order valence-corrected chi connectivity index (χ2v) is 4.02. The molecule has 0 saturated heterocycles. The topological polar surface area (TPSA) is 53.1 Å². The number of para-hydroxylation sites is 1. The molecule has 0 bridgehead atoms. The maximum atomic E-state index is 10.4. The molecule has 3 heteroatoms. The summed E-state index contributed by atoms with van der Waals surface area (Å²) in [6, 6.07) is 8.15. The molecule has 2 rings (SSSR count). The fourth-order valence-electron chi connectivity index (χ4n) is 2.00. The van der Waals surface area contributed by atoms with E-state index < -0.39 is 5.97 Å². The van der Waals surface area contributed by atoms with Crippen LogP contribution in [0.25, 0.3) is 10.9 Å². The molecule has 2 aromatic rings. The van der Waals surface area contributed by atoms with Crippen molar-refractivity contribution in [3.63, 3.8) is 0 Å². The summed E-state index contributed by atoms with van der Waals surface area (Å²) in [6.07, 6.45) is 1.71. The molecule has 0 aliphatic rings. The smallest absolute Gasteiger partial charge is 0.303 e. The highest BCUT2D eigenvalue weighted by Crippen LogP contribution is 2.22. The molecule has 16 heavy (non-hydrogen) atoms. The number of H-pyrrole nitrogens is 1. The Labute approximate surface area is 94.1 Å². The van der Waals surface area contributed by atoms with Crippen molar-refractivity contribution in [1.29, 1.82) is 0 Å². The number of carbonyl (C=O) groups is 1. The van der Waals surface area contributed by atoms with Gasteiger partial charge >= 0.3 is 5.97 Å². The summed E-state index contributed by atoms with van der Waals surface area (Å²) >= 11 is 0. The van der Waals surface area contributed by atoms with Gasteiger partial charge < -0.3 is 10.1 Å². The fraction of sp³-hybridized carbons (Fsp3) is 0.308. The predicted molar refractivity (Wildman–Crippen MR) is 63.6 cm³/mol. The molecule has 0 spiro atoms. The number of benzene rings is 1. The molecule has 0 aliphatic heterocycles. The molecule has 3 nitrogen and oxygen atoms in total. The molecule has 84 valence electrons. The van der Waals surface area contributed by atoms with Crippen molar-refractivity contribution in [2.24, 2.45) is 0 Å². The second-order valence-electron chi connectivity index (χ2n) is 4.02. The molecule has 0 fully saturated rings. The van der Waals surface area contributed by atoms with E-state index in [2.05, 4.69) is 18.0 Å². The number of fused-ring (bicyclic) bond motifs is 1. The molecule has 1 heterocycles. The molecular formula is C13H15NO2. The average molecular weight is 217 g/mol. The van der Waals surface area contributed by atoms with Crippen molar-refractivity contribution in [3.8, 4) is 0 Å². The lowest BCUT2D eigenvalue weighted by Crippen LogP contribution is -1.96. The molecule has 2 N–H and O–H groups in total. The number of nitrogens with one attached hydrogen (secondary N) is 1. The van der Waals surface area contributed by atoms with E-state index in [9.17, 15) is 4.79 Å². The van der Waals surface area contributed by atoms with Crippen LogP contribution in [-0.4, -0.2) is 16.1 Å². The number of carboxylic acids is 1. The van der Waals surface area contributed by atoms with E-state index in [1.807, 2.05) is 18.2 Å². The van der Waals surface area contributed by atoms with Gasteiger partial charge in [0.1, 0.15) is 0 Å². The van der Waals surface area contributed by atoms with Crippen LogP contribution in [0.1, 0.15) is 24.1 Å². The van der Waals surface area contributed by atoms with Crippen molar-refractivity contribution < 1.29 is 9.90 Å². The quantitative estimate of drug-likeness (QED) is 0.827. The third kappa shape index (κ3) is 2.08. The van der Waals surface area contributed by atoms with Gasteiger partial charge in [-0.1, -0.05) is 18.2 Å². The van der Waals surface area contributed by atoms with E-state index in [-0.39, 0.29) is 6.42 Å². The minimum Gasteiger partial charge on any atom is -0.481 e. The summed E-state index contributed by atoms with van der Waals surface area (Å²) in [5.41, 5.74) is 3.52. The Hall–Kier alpha value is -1.77. The highest BCUT2D eigenvalue weighted by Gasteiger charge is 2.07. The van der Waals surface area contributed by atoms with Crippen LogP contribution in [0.15, 0.2) is 24.3 Å². The highest BCUT2D eigenvalue weighted by atomic mass is 16.4. The summed E-state index contributed by atoms with van der Waals surface area (Å²) in [7, 11) is 0. The molecule has 0 saturated carbocycles. The standard InChI is InChI=1S/C13H15NO2/c1-9-10-5-2-3-6-12(10)14-11(9)7-4-8-13(15)16/h2-3,5-6,14H,4,7-8H2,1H3,(H,15,16). The van der Waals surface area contributed by atoms with Crippen LogP contribution in [-0.2, 0) is 11.2 Å². The SMILES string of the molecule is Cc1c(CCCC(=O)O)[nH]c2ccccc12. The summed E-state index contributed by atoms with van der Waals surface area (Å²) < 4.78 is 0. The number of aryl methyl sites for hydroxylation is 2. The number of aromatic nitrogens is 1. The third-order valence-corrected chi connectivity index (χ3v) is 2.89. The van der Waals surface area contributed by atoms with Crippen molar-refractivity contribution in [2.45, 2.75) is 26.2 Å². The first kappa shape index (κ1) is 10.7. The van der Waals surface area contributed by atoms with Gasteiger partial charge in [-0.25, -0.2) is 0 Å². The Kier molecular flexibility index (Phi) is 2.95.